The fraction of sp³-hybridized carbons (Fsp3) is 0.217. The number of hydrogen-bond acceptors (Lipinski definition) is 7. The van der Waals surface area contributed by atoms with Gasteiger partial charge in [-0.15, -0.1) is 0 Å². The molecule has 0 radical (unpaired) electrons. The van der Waals surface area contributed by atoms with Crippen molar-refractivity contribution in [2.45, 2.75) is 19.4 Å². The summed E-state index contributed by atoms with van der Waals surface area (Å²) in [7, 11) is 1.23. The van der Waals surface area contributed by atoms with Crippen molar-refractivity contribution in [3.05, 3.63) is 71.8 Å². The number of ether oxygens (including phenoxy) is 2. The molecule has 1 heterocycles. The molecular formula is C23H22FN3O5. The highest BCUT2D eigenvalue weighted by Crippen LogP contribution is 2.25. The summed E-state index contributed by atoms with van der Waals surface area (Å²) in [6.07, 6.45) is 0.230. The summed E-state index contributed by atoms with van der Waals surface area (Å²) in [5.41, 5.74) is 1.15. The summed E-state index contributed by atoms with van der Waals surface area (Å²) < 4.78 is 23.3. The monoisotopic (exact) mass is 439 g/mol. The highest BCUT2D eigenvalue weighted by Gasteiger charge is 2.19. The molecule has 1 amide bonds. The van der Waals surface area contributed by atoms with Crippen LogP contribution >= 0.6 is 0 Å². The summed E-state index contributed by atoms with van der Waals surface area (Å²) in [5.74, 6) is -0.216. The number of carbonyl (C=O) groups is 2. The molecule has 8 nitrogen and oxygen atoms in total. The van der Waals surface area contributed by atoms with Gasteiger partial charge >= 0.3 is 5.97 Å². The molecule has 1 atom stereocenters. The molecule has 166 valence electrons. The summed E-state index contributed by atoms with van der Waals surface area (Å²) in [6, 6.07) is 13.1. The largest absolute Gasteiger partial charge is 0.467 e. The molecule has 0 saturated carbocycles. The number of methoxy groups -OCH3 is 1. The molecule has 0 saturated heterocycles. The first-order chi connectivity index (χ1) is 15.4. The van der Waals surface area contributed by atoms with Crippen molar-refractivity contribution in [2.24, 2.45) is 0 Å². The molecule has 0 fully saturated rings. The van der Waals surface area contributed by atoms with Crippen LogP contribution in [0.5, 0.6) is 11.5 Å². The second-order valence-electron chi connectivity index (χ2n) is 6.84. The van der Waals surface area contributed by atoms with Gasteiger partial charge in [-0.1, -0.05) is 0 Å². The molecule has 2 N–H and O–H groups in total. The third kappa shape index (κ3) is 5.86. The molecule has 1 unspecified atom stereocenters. The van der Waals surface area contributed by atoms with Gasteiger partial charge in [0.1, 0.15) is 29.1 Å². The first-order valence-electron chi connectivity index (χ1n) is 9.81. The van der Waals surface area contributed by atoms with E-state index in [1.807, 2.05) is 0 Å². The third-order valence-electron chi connectivity index (χ3n) is 4.44. The number of amides is 1. The van der Waals surface area contributed by atoms with E-state index in [-0.39, 0.29) is 30.4 Å². The topological polar surface area (TPSA) is 111 Å². The fourth-order valence-corrected chi connectivity index (χ4v) is 2.80. The standard InChI is InChI=1S/C23H22FN3O5/c1-14(23(30)31-2)25-22(29)20-13-17(11-12-28)26-21(27-20)15-3-7-18(8-4-15)32-19-9-5-16(24)6-10-19/h3-10,13-14,28H,11-12H2,1-2H3,(H,25,29). The highest BCUT2D eigenvalue weighted by molar-refractivity contribution is 5.95. The van der Waals surface area contributed by atoms with Crippen molar-refractivity contribution >= 4 is 11.9 Å². The number of aromatic nitrogens is 2. The second-order valence-corrected chi connectivity index (χ2v) is 6.84. The smallest absolute Gasteiger partial charge is 0.328 e. The molecule has 3 aromatic rings. The van der Waals surface area contributed by atoms with Crippen molar-refractivity contribution in [3.8, 4) is 22.9 Å². The lowest BCUT2D eigenvalue weighted by atomic mass is 10.1. The predicted octanol–water partition coefficient (Wildman–Crippen LogP) is 2.90. The van der Waals surface area contributed by atoms with Gasteiger partial charge in [-0.2, -0.15) is 0 Å². The van der Waals surface area contributed by atoms with Crippen molar-refractivity contribution in [2.75, 3.05) is 13.7 Å². The number of benzene rings is 2. The average molecular weight is 439 g/mol. The van der Waals surface area contributed by atoms with E-state index in [9.17, 15) is 19.1 Å². The summed E-state index contributed by atoms with van der Waals surface area (Å²) in [4.78, 5) is 32.9. The Morgan fingerprint density at radius 3 is 2.28 bits per heavy atom. The van der Waals surface area contributed by atoms with Crippen LogP contribution in [0.3, 0.4) is 0 Å². The Labute approximate surface area is 184 Å². The molecule has 3 rings (SSSR count). The van der Waals surface area contributed by atoms with Crippen LogP contribution in [0.4, 0.5) is 4.39 Å². The number of halogens is 1. The lowest BCUT2D eigenvalue weighted by Crippen LogP contribution is -2.39. The van der Waals surface area contributed by atoms with Crippen LogP contribution in [0.1, 0.15) is 23.1 Å². The minimum absolute atomic E-state index is 0.0563. The number of nitrogens with one attached hydrogen (secondary N) is 1. The van der Waals surface area contributed by atoms with E-state index in [2.05, 4.69) is 20.0 Å². The van der Waals surface area contributed by atoms with Gasteiger partial charge in [0.15, 0.2) is 5.82 Å². The maximum Gasteiger partial charge on any atom is 0.328 e. The van der Waals surface area contributed by atoms with E-state index in [1.54, 1.807) is 24.3 Å². The Morgan fingerprint density at radius 1 is 1.06 bits per heavy atom. The van der Waals surface area contributed by atoms with Gasteiger partial charge in [0.25, 0.3) is 5.91 Å². The fourth-order valence-electron chi connectivity index (χ4n) is 2.80. The number of aliphatic hydroxyl groups excluding tert-OH is 1. The number of hydrogen-bond donors (Lipinski definition) is 2. The quantitative estimate of drug-likeness (QED) is 0.519. The van der Waals surface area contributed by atoms with E-state index in [4.69, 9.17) is 4.74 Å². The SMILES string of the molecule is COC(=O)C(C)NC(=O)c1cc(CCO)nc(-c2ccc(Oc3ccc(F)cc3)cc2)n1. The number of nitrogens with zero attached hydrogens (tertiary/aromatic N) is 2. The van der Waals surface area contributed by atoms with Gasteiger partial charge < -0.3 is 19.9 Å². The Morgan fingerprint density at radius 2 is 1.69 bits per heavy atom. The van der Waals surface area contributed by atoms with Crippen LogP contribution in [0, 0.1) is 5.82 Å². The van der Waals surface area contributed by atoms with E-state index in [0.717, 1.165) is 0 Å². The predicted molar refractivity (Wildman–Crippen MR) is 114 cm³/mol. The van der Waals surface area contributed by atoms with E-state index in [0.29, 0.717) is 22.8 Å². The van der Waals surface area contributed by atoms with Gasteiger partial charge in [-0.05, 0) is 61.5 Å². The maximum atomic E-state index is 13.0. The number of aliphatic hydroxyl groups is 1. The molecular weight excluding hydrogens is 417 g/mol. The Hall–Kier alpha value is -3.85. The van der Waals surface area contributed by atoms with Crippen LogP contribution in [0.25, 0.3) is 11.4 Å². The Kier molecular flexibility index (Phi) is 7.45. The Bertz CT molecular complexity index is 1090. The minimum atomic E-state index is -0.852. The number of carbonyl (C=O) groups excluding carboxylic acids is 2. The van der Waals surface area contributed by atoms with Crippen molar-refractivity contribution in [1.82, 2.24) is 15.3 Å². The summed E-state index contributed by atoms with van der Waals surface area (Å²) in [6.45, 7) is 1.35. The van der Waals surface area contributed by atoms with E-state index < -0.39 is 17.9 Å². The van der Waals surface area contributed by atoms with Crippen molar-refractivity contribution in [1.29, 1.82) is 0 Å². The lowest BCUT2D eigenvalue weighted by Gasteiger charge is -2.12. The molecule has 0 spiro atoms. The number of esters is 1. The first kappa shape index (κ1) is 22.8. The van der Waals surface area contributed by atoms with Gasteiger partial charge in [0.05, 0.1) is 7.11 Å². The van der Waals surface area contributed by atoms with E-state index >= 15 is 0 Å². The molecule has 0 aliphatic rings. The highest BCUT2D eigenvalue weighted by atomic mass is 19.1. The van der Waals surface area contributed by atoms with Gasteiger partial charge in [-0.25, -0.2) is 19.2 Å². The summed E-state index contributed by atoms with van der Waals surface area (Å²) >= 11 is 0. The van der Waals surface area contributed by atoms with Gasteiger partial charge in [-0.3, -0.25) is 4.79 Å². The van der Waals surface area contributed by atoms with Crippen LogP contribution in [-0.4, -0.2) is 46.7 Å². The normalized spacial score (nSPS) is 11.5. The van der Waals surface area contributed by atoms with Crippen molar-refractivity contribution in [3.63, 3.8) is 0 Å². The summed E-state index contributed by atoms with van der Waals surface area (Å²) in [5, 5.41) is 11.8. The molecule has 2 aromatic carbocycles. The molecule has 1 aromatic heterocycles. The van der Waals surface area contributed by atoms with Crippen LogP contribution in [0.2, 0.25) is 0 Å². The zero-order valence-electron chi connectivity index (χ0n) is 17.5. The van der Waals surface area contributed by atoms with Crippen LogP contribution in [-0.2, 0) is 16.0 Å². The zero-order valence-corrected chi connectivity index (χ0v) is 17.5. The molecule has 9 heteroatoms. The first-order valence-corrected chi connectivity index (χ1v) is 9.81. The number of rotatable bonds is 8. The lowest BCUT2D eigenvalue weighted by molar-refractivity contribution is -0.142. The molecule has 32 heavy (non-hydrogen) atoms. The Balaban J connectivity index is 1.83. The van der Waals surface area contributed by atoms with E-state index in [1.165, 1.54) is 44.4 Å². The second kappa shape index (κ2) is 10.5. The van der Waals surface area contributed by atoms with Crippen LogP contribution < -0.4 is 10.1 Å². The maximum absolute atomic E-state index is 13.0. The molecule has 0 aliphatic carbocycles. The average Bonchev–Trinajstić information content (AvgIpc) is 2.80. The van der Waals surface area contributed by atoms with Gasteiger partial charge in [0.2, 0.25) is 0 Å². The zero-order chi connectivity index (χ0) is 23.1. The molecule has 0 aliphatic heterocycles. The third-order valence-corrected chi connectivity index (χ3v) is 4.44. The van der Waals surface area contributed by atoms with Gasteiger partial charge in [0, 0.05) is 24.3 Å². The van der Waals surface area contributed by atoms with Crippen molar-refractivity contribution < 1.29 is 28.6 Å². The van der Waals surface area contributed by atoms with Crippen LogP contribution in [0.15, 0.2) is 54.6 Å². The molecule has 0 bridgehead atoms. The minimum Gasteiger partial charge on any atom is -0.467 e.